The summed E-state index contributed by atoms with van der Waals surface area (Å²) in [6.45, 7) is 6.56. The molecule has 0 bridgehead atoms. The van der Waals surface area contributed by atoms with Gasteiger partial charge in [0.2, 0.25) is 0 Å². The largest absolute Gasteiger partial charge is 0.0773 e. The minimum atomic E-state index is 1.18. The zero-order valence-corrected chi connectivity index (χ0v) is 5.78. The summed E-state index contributed by atoms with van der Waals surface area (Å²) < 4.78 is 0. The van der Waals surface area contributed by atoms with Crippen molar-refractivity contribution in [3.8, 4) is 0 Å². The van der Waals surface area contributed by atoms with Gasteiger partial charge in [-0.2, -0.15) is 0 Å². The standard InChI is InChI=1S/C8H12/c1-6-4-5-7(2)8(6)3/h4H,5H2,1-3H3. The highest BCUT2D eigenvalue weighted by Gasteiger charge is 2.03. The molecule has 0 unspecified atom stereocenters. The first kappa shape index (κ1) is 5.61. The van der Waals surface area contributed by atoms with Gasteiger partial charge in [-0.3, -0.25) is 0 Å². The van der Waals surface area contributed by atoms with Crippen molar-refractivity contribution in [1.82, 2.24) is 0 Å². The fourth-order valence-corrected chi connectivity index (χ4v) is 0.949. The Morgan fingerprint density at radius 1 is 1.25 bits per heavy atom. The lowest BCUT2D eigenvalue weighted by Gasteiger charge is -1.93. The highest BCUT2D eigenvalue weighted by Crippen LogP contribution is 2.23. The first-order valence-corrected chi connectivity index (χ1v) is 3.05. The summed E-state index contributed by atoms with van der Waals surface area (Å²) in [6, 6.07) is 0. The van der Waals surface area contributed by atoms with Gasteiger partial charge in [-0.15, -0.1) is 0 Å². The van der Waals surface area contributed by atoms with Gasteiger partial charge in [-0.25, -0.2) is 0 Å². The molecule has 8 heavy (non-hydrogen) atoms. The van der Waals surface area contributed by atoms with E-state index in [1.807, 2.05) is 0 Å². The van der Waals surface area contributed by atoms with Gasteiger partial charge in [0.15, 0.2) is 0 Å². The number of rotatable bonds is 0. The van der Waals surface area contributed by atoms with Crippen molar-refractivity contribution in [2.45, 2.75) is 27.2 Å². The van der Waals surface area contributed by atoms with Gasteiger partial charge in [0.1, 0.15) is 0 Å². The van der Waals surface area contributed by atoms with Crippen molar-refractivity contribution >= 4 is 0 Å². The van der Waals surface area contributed by atoms with Crippen LogP contribution in [0.15, 0.2) is 22.8 Å². The van der Waals surface area contributed by atoms with Crippen LogP contribution >= 0.6 is 0 Å². The van der Waals surface area contributed by atoms with Crippen molar-refractivity contribution in [1.29, 1.82) is 0 Å². The molecule has 0 nitrogen and oxygen atoms in total. The molecule has 1 aliphatic rings. The fraction of sp³-hybridized carbons (Fsp3) is 0.500. The van der Waals surface area contributed by atoms with Crippen molar-refractivity contribution in [3.63, 3.8) is 0 Å². The molecule has 0 saturated carbocycles. The Bertz CT molecular complexity index is 153. The van der Waals surface area contributed by atoms with E-state index < -0.39 is 0 Å². The van der Waals surface area contributed by atoms with Crippen LogP contribution in [-0.2, 0) is 0 Å². The maximum atomic E-state index is 2.28. The Hall–Kier alpha value is -0.520. The fourth-order valence-electron chi connectivity index (χ4n) is 0.949. The van der Waals surface area contributed by atoms with Crippen LogP contribution in [-0.4, -0.2) is 0 Å². The van der Waals surface area contributed by atoms with Gasteiger partial charge in [0.05, 0.1) is 0 Å². The van der Waals surface area contributed by atoms with Crippen LogP contribution in [0.4, 0.5) is 0 Å². The van der Waals surface area contributed by atoms with Crippen LogP contribution < -0.4 is 0 Å². The molecule has 1 aliphatic carbocycles. The maximum Gasteiger partial charge on any atom is -0.0130 e. The van der Waals surface area contributed by atoms with E-state index in [9.17, 15) is 0 Å². The van der Waals surface area contributed by atoms with E-state index in [4.69, 9.17) is 0 Å². The Labute approximate surface area is 50.9 Å². The SMILES string of the molecule is CC1=CCC(C)=C1C. The van der Waals surface area contributed by atoms with Gasteiger partial charge in [-0.05, 0) is 32.8 Å². The predicted octanol–water partition coefficient (Wildman–Crippen LogP) is 2.67. The first-order chi connectivity index (χ1) is 3.72. The van der Waals surface area contributed by atoms with E-state index in [2.05, 4.69) is 26.8 Å². The zero-order valence-electron chi connectivity index (χ0n) is 5.78. The lowest BCUT2D eigenvalue weighted by Crippen LogP contribution is -1.73. The average Bonchev–Trinajstić information content (AvgIpc) is 1.98. The van der Waals surface area contributed by atoms with E-state index in [0.717, 1.165) is 0 Å². The summed E-state index contributed by atoms with van der Waals surface area (Å²) in [7, 11) is 0. The molecule has 0 atom stereocenters. The average molecular weight is 108 g/mol. The molecule has 0 radical (unpaired) electrons. The van der Waals surface area contributed by atoms with Crippen molar-refractivity contribution in [2.24, 2.45) is 0 Å². The van der Waals surface area contributed by atoms with Crippen molar-refractivity contribution < 1.29 is 0 Å². The molecule has 0 heterocycles. The normalized spacial score (nSPS) is 19.6. The highest BCUT2D eigenvalue weighted by atomic mass is 14.1. The third-order valence-electron chi connectivity index (χ3n) is 1.95. The third kappa shape index (κ3) is 0.706. The van der Waals surface area contributed by atoms with Crippen LogP contribution in [0.1, 0.15) is 27.2 Å². The first-order valence-electron chi connectivity index (χ1n) is 3.05. The predicted molar refractivity (Wildman–Crippen MR) is 36.7 cm³/mol. The minimum Gasteiger partial charge on any atom is -0.0773 e. The second-order valence-electron chi connectivity index (χ2n) is 2.50. The Morgan fingerprint density at radius 2 is 1.88 bits per heavy atom. The Morgan fingerprint density at radius 3 is 2.00 bits per heavy atom. The van der Waals surface area contributed by atoms with E-state index in [0.29, 0.717) is 0 Å². The molecule has 0 aromatic rings. The molecule has 44 valence electrons. The molecule has 0 aliphatic heterocycles. The molecule has 0 aromatic heterocycles. The maximum absolute atomic E-state index is 2.28. The molecule has 0 N–H and O–H groups in total. The molecule has 0 heteroatoms. The van der Waals surface area contributed by atoms with E-state index >= 15 is 0 Å². The smallest absolute Gasteiger partial charge is 0.0130 e. The van der Waals surface area contributed by atoms with Gasteiger partial charge in [-0.1, -0.05) is 17.2 Å². The van der Waals surface area contributed by atoms with Crippen molar-refractivity contribution in [2.75, 3.05) is 0 Å². The Kier molecular flexibility index (Phi) is 1.24. The monoisotopic (exact) mass is 108 g/mol. The number of hydrogen-bond acceptors (Lipinski definition) is 0. The molecular weight excluding hydrogens is 96.1 g/mol. The lowest BCUT2D eigenvalue weighted by atomic mass is 10.1. The van der Waals surface area contributed by atoms with E-state index in [1.54, 1.807) is 0 Å². The summed E-state index contributed by atoms with van der Waals surface area (Å²) in [4.78, 5) is 0. The van der Waals surface area contributed by atoms with Crippen LogP contribution in [0.2, 0.25) is 0 Å². The van der Waals surface area contributed by atoms with Gasteiger partial charge in [0.25, 0.3) is 0 Å². The van der Waals surface area contributed by atoms with Crippen molar-refractivity contribution in [3.05, 3.63) is 22.8 Å². The van der Waals surface area contributed by atoms with Gasteiger partial charge >= 0.3 is 0 Å². The summed E-state index contributed by atoms with van der Waals surface area (Å²) in [5.74, 6) is 0. The number of hydrogen-bond donors (Lipinski definition) is 0. The van der Waals surface area contributed by atoms with Gasteiger partial charge < -0.3 is 0 Å². The van der Waals surface area contributed by atoms with Crippen LogP contribution in [0.5, 0.6) is 0 Å². The number of allylic oxidation sites excluding steroid dienone is 4. The lowest BCUT2D eigenvalue weighted by molar-refractivity contribution is 1.22. The zero-order chi connectivity index (χ0) is 6.15. The van der Waals surface area contributed by atoms with Gasteiger partial charge in [0, 0.05) is 0 Å². The minimum absolute atomic E-state index is 1.18. The summed E-state index contributed by atoms with van der Waals surface area (Å²) in [5.41, 5.74) is 4.48. The Balaban J connectivity index is 2.88. The van der Waals surface area contributed by atoms with Crippen LogP contribution in [0.25, 0.3) is 0 Å². The molecule has 0 saturated heterocycles. The summed E-state index contributed by atoms with van der Waals surface area (Å²) >= 11 is 0. The second-order valence-corrected chi connectivity index (χ2v) is 2.50. The van der Waals surface area contributed by atoms with E-state index in [-0.39, 0.29) is 0 Å². The highest BCUT2D eigenvalue weighted by molar-refractivity contribution is 5.38. The molecule has 1 rings (SSSR count). The summed E-state index contributed by atoms with van der Waals surface area (Å²) in [6.07, 6.45) is 3.46. The second kappa shape index (κ2) is 1.77. The van der Waals surface area contributed by atoms with Crippen LogP contribution in [0.3, 0.4) is 0 Å². The topological polar surface area (TPSA) is 0 Å². The van der Waals surface area contributed by atoms with E-state index in [1.165, 1.54) is 23.1 Å². The third-order valence-corrected chi connectivity index (χ3v) is 1.95. The summed E-state index contributed by atoms with van der Waals surface area (Å²) in [5, 5.41) is 0. The molecular formula is C8H12. The molecule has 0 amide bonds. The quantitative estimate of drug-likeness (QED) is 0.447. The molecule has 0 spiro atoms. The van der Waals surface area contributed by atoms with Crippen LogP contribution in [0, 0.1) is 0 Å². The molecule has 0 aromatic carbocycles. The molecule has 0 fully saturated rings.